The van der Waals surface area contributed by atoms with Crippen LogP contribution >= 0.6 is 15.9 Å². The fourth-order valence-corrected chi connectivity index (χ4v) is 4.27. The second-order valence-electron chi connectivity index (χ2n) is 5.96. The summed E-state index contributed by atoms with van der Waals surface area (Å²) in [4.78, 5) is 2.62. The molecule has 2 fully saturated rings. The van der Waals surface area contributed by atoms with Crippen molar-refractivity contribution in [1.82, 2.24) is 4.90 Å². The normalized spacial score (nSPS) is 25.3. The molecule has 1 aromatic carbocycles. The minimum atomic E-state index is -0.163. The Morgan fingerprint density at radius 2 is 1.95 bits per heavy atom. The third kappa shape index (κ3) is 3.03. The molecule has 0 spiro atoms. The molecule has 19 heavy (non-hydrogen) atoms. The molecule has 3 rings (SSSR count). The maximum absolute atomic E-state index is 13.1. The molecule has 1 aromatic rings. The maximum atomic E-state index is 13.1. The first kappa shape index (κ1) is 13.6. The Morgan fingerprint density at radius 3 is 2.68 bits per heavy atom. The van der Waals surface area contributed by atoms with Gasteiger partial charge in [0.1, 0.15) is 5.82 Å². The predicted molar refractivity (Wildman–Crippen MR) is 79.5 cm³/mol. The van der Waals surface area contributed by atoms with E-state index in [1.165, 1.54) is 50.6 Å². The van der Waals surface area contributed by atoms with Gasteiger partial charge in [0.05, 0.1) is 0 Å². The van der Waals surface area contributed by atoms with Gasteiger partial charge < -0.3 is 0 Å². The summed E-state index contributed by atoms with van der Waals surface area (Å²) >= 11 is 3.49. The summed E-state index contributed by atoms with van der Waals surface area (Å²) in [6.45, 7) is 2.16. The van der Waals surface area contributed by atoms with E-state index in [1.807, 2.05) is 6.07 Å². The van der Waals surface area contributed by atoms with Gasteiger partial charge in [-0.15, -0.1) is 0 Å². The van der Waals surface area contributed by atoms with E-state index in [0.29, 0.717) is 0 Å². The van der Waals surface area contributed by atoms with Crippen LogP contribution in [0.15, 0.2) is 22.7 Å². The largest absolute Gasteiger partial charge is 0.296 e. The van der Waals surface area contributed by atoms with E-state index < -0.39 is 0 Å². The lowest BCUT2D eigenvalue weighted by atomic mass is 9.96. The lowest BCUT2D eigenvalue weighted by Crippen LogP contribution is -2.34. The number of benzene rings is 1. The summed E-state index contributed by atoms with van der Waals surface area (Å²) in [5.41, 5.74) is 1.21. The molecule has 1 atom stereocenters. The number of nitrogens with zero attached hydrogens (tertiary/aromatic N) is 1. The van der Waals surface area contributed by atoms with Gasteiger partial charge in [0.15, 0.2) is 0 Å². The van der Waals surface area contributed by atoms with E-state index in [-0.39, 0.29) is 5.82 Å². The molecule has 1 heterocycles. The smallest absolute Gasteiger partial charge is 0.124 e. The molecule has 0 amide bonds. The van der Waals surface area contributed by atoms with Crippen molar-refractivity contribution in [3.63, 3.8) is 0 Å². The van der Waals surface area contributed by atoms with Crippen molar-refractivity contribution in [2.24, 2.45) is 5.92 Å². The van der Waals surface area contributed by atoms with Gasteiger partial charge in [-0.25, -0.2) is 4.39 Å². The molecule has 2 aliphatic rings. The van der Waals surface area contributed by atoms with Crippen LogP contribution in [0.2, 0.25) is 0 Å². The second kappa shape index (κ2) is 5.92. The van der Waals surface area contributed by atoms with Crippen molar-refractivity contribution in [3.8, 4) is 0 Å². The molecule has 1 unspecified atom stereocenters. The molecule has 0 aromatic heterocycles. The van der Waals surface area contributed by atoms with Gasteiger partial charge >= 0.3 is 0 Å². The van der Waals surface area contributed by atoms with E-state index in [1.54, 1.807) is 12.1 Å². The Hall–Kier alpha value is -0.410. The van der Waals surface area contributed by atoms with Crippen LogP contribution in [-0.2, 0) is 6.54 Å². The van der Waals surface area contributed by atoms with Crippen LogP contribution < -0.4 is 0 Å². The molecule has 1 nitrogen and oxygen atoms in total. The van der Waals surface area contributed by atoms with E-state index in [9.17, 15) is 4.39 Å². The zero-order chi connectivity index (χ0) is 13.2. The molecule has 0 radical (unpaired) electrons. The number of hydrogen-bond acceptors (Lipinski definition) is 1. The third-order valence-corrected chi connectivity index (χ3v) is 5.48. The Bertz CT molecular complexity index is 442. The van der Waals surface area contributed by atoms with E-state index in [2.05, 4.69) is 20.8 Å². The predicted octanol–water partition coefficient (Wildman–Crippen LogP) is 4.74. The fourth-order valence-electron chi connectivity index (χ4n) is 3.79. The number of rotatable bonds is 3. The van der Waals surface area contributed by atoms with Crippen molar-refractivity contribution >= 4 is 15.9 Å². The van der Waals surface area contributed by atoms with Gasteiger partial charge in [-0.05, 0) is 55.8 Å². The van der Waals surface area contributed by atoms with E-state index in [0.717, 1.165) is 23.0 Å². The summed E-state index contributed by atoms with van der Waals surface area (Å²) in [7, 11) is 0. The van der Waals surface area contributed by atoms with Crippen molar-refractivity contribution in [1.29, 1.82) is 0 Å². The quantitative estimate of drug-likeness (QED) is 0.775. The monoisotopic (exact) mass is 325 g/mol. The fraction of sp³-hybridized carbons (Fsp3) is 0.625. The van der Waals surface area contributed by atoms with Gasteiger partial charge in [-0.3, -0.25) is 4.90 Å². The highest BCUT2D eigenvalue weighted by Gasteiger charge is 2.33. The first-order valence-corrected chi connectivity index (χ1v) is 8.21. The summed E-state index contributed by atoms with van der Waals surface area (Å²) < 4.78 is 14.0. The van der Waals surface area contributed by atoms with Crippen LogP contribution in [0.4, 0.5) is 4.39 Å². The first-order valence-electron chi connectivity index (χ1n) is 7.42. The standard InChI is InChI=1S/C16H21BrFN/c17-15-10-14(18)8-7-13(15)11-19-9-3-6-16(19)12-4-1-2-5-12/h7-8,10,12,16H,1-6,9,11H2. The summed E-state index contributed by atoms with van der Waals surface area (Å²) in [6.07, 6.45) is 8.31. The molecule has 104 valence electrons. The molecular formula is C16H21BrFN. The Morgan fingerprint density at radius 1 is 1.16 bits per heavy atom. The van der Waals surface area contributed by atoms with Crippen LogP contribution in [0.1, 0.15) is 44.1 Å². The molecular weight excluding hydrogens is 305 g/mol. The summed E-state index contributed by atoms with van der Waals surface area (Å²) in [5.74, 6) is 0.742. The molecule has 1 aliphatic carbocycles. The van der Waals surface area contributed by atoms with E-state index >= 15 is 0 Å². The Kier molecular flexibility index (Phi) is 4.23. The van der Waals surface area contributed by atoms with Crippen molar-refractivity contribution in [3.05, 3.63) is 34.1 Å². The SMILES string of the molecule is Fc1ccc(CN2CCCC2C2CCCC2)c(Br)c1. The zero-order valence-electron chi connectivity index (χ0n) is 11.2. The van der Waals surface area contributed by atoms with Crippen LogP contribution in [-0.4, -0.2) is 17.5 Å². The van der Waals surface area contributed by atoms with Crippen LogP contribution in [0.5, 0.6) is 0 Å². The van der Waals surface area contributed by atoms with Gasteiger partial charge in [0, 0.05) is 17.1 Å². The van der Waals surface area contributed by atoms with Gasteiger partial charge in [-0.1, -0.05) is 34.8 Å². The van der Waals surface area contributed by atoms with Crippen LogP contribution in [0.25, 0.3) is 0 Å². The average Bonchev–Trinajstić information content (AvgIpc) is 3.03. The first-order chi connectivity index (χ1) is 9.24. The molecule has 3 heteroatoms. The highest BCUT2D eigenvalue weighted by molar-refractivity contribution is 9.10. The van der Waals surface area contributed by atoms with Crippen molar-refractivity contribution in [2.45, 2.75) is 51.1 Å². The minimum absolute atomic E-state index is 0.163. The van der Waals surface area contributed by atoms with Crippen LogP contribution in [0, 0.1) is 11.7 Å². The summed E-state index contributed by atoms with van der Waals surface area (Å²) in [5, 5.41) is 0. The summed E-state index contributed by atoms with van der Waals surface area (Å²) in [6, 6.07) is 5.83. The molecule has 1 saturated heterocycles. The second-order valence-corrected chi connectivity index (χ2v) is 6.81. The lowest BCUT2D eigenvalue weighted by Gasteiger charge is -2.29. The van der Waals surface area contributed by atoms with Gasteiger partial charge in [0.25, 0.3) is 0 Å². The van der Waals surface area contributed by atoms with Gasteiger partial charge in [-0.2, -0.15) is 0 Å². The van der Waals surface area contributed by atoms with Crippen LogP contribution in [0.3, 0.4) is 0 Å². The average molecular weight is 326 g/mol. The number of likely N-dealkylation sites (tertiary alicyclic amines) is 1. The lowest BCUT2D eigenvalue weighted by molar-refractivity contribution is 0.183. The molecule has 1 aliphatic heterocycles. The van der Waals surface area contributed by atoms with E-state index in [4.69, 9.17) is 0 Å². The molecule has 0 N–H and O–H groups in total. The maximum Gasteiger partial charge on any atom is 0.124 e. The zero-order valence-corrected chi connectivity index (χ0v) is 12.8. The molecule has 1 saturated carbocycles. The number of halogens is 2. The van der Waals surface area contributed by atoms with Crippen molar-refractivity contribution < 1.29 is 4.39 Å². The Balaban J connectivity index is 1.70. The number of hydrogen-bond donors (Lipinski definition) is 0. The minimum Gasteiger partial charge on any atom is -0.296 e. The molecule has 0 bridgehead atoms. The topological polar surface area (TPSA) is 3.24 Å². The highest BCUT2D eigenvalue weighted by atomic mass is 79.9. The van der Waals surface area contributed by atoms with Gasteiger partial charge in [0.2, 0.25) is 0 Å². The van der Waals surface area contributed by atoms with Crippen molar-refractivity contribution in [2.75, 3.05) is 6.54 Å². The highest BCUT2D eigenvalue weighted by Crippen LogP contribution is 2.36. The third-order valence-electron chi connectivity index (χ3n) is 4.75. The Labute approximate surface area is 123 Å².